The normalized spacial score (nSPS) is 16.0. The van der Waals surface area contributed by atoms with Crippen LogP contribution in [0.4, 0.5) is 13.2 Å². The van der Waals surface area contributed by atoms with Crippen molar-refractivity contribution in [3.63, 3.8) is 0 Å². The van der Waals surface area contributed by atoms with Crippen molar-refractivity contribution >= 4 is 5.96 Å². The minimum atomic E-state index is -4.33. The fourth-order valence-electron chi connectivity index (χ4n) is 3.09. The van der Waals surface area contributed by atoms with E-state index in [1.807, 2.05) is 6.92 Å². The number of alkyl halides is 3. The molecule has 0 bridgehead atoms. The lowest BCUT2D eigenvalue weighted by Crippen LogP contribution is -2.40. The molecule has 1 saturated carbocycles. The second kappa shape index (κ2) is 10.4. The monoisotopic (exact) mass is 395 g/mol. The fourth-order valence-corrected chi connectivity index (χ4v) is 3.09. The summed E-state index contributed by atoms with van der Waals surface area (Å²) in [7, 11) is 1.72. The summed E-state index contributed by atoms with van der Waals surface area (Å²) in [5.74, 6) is 6.49. The SMILES string of the molecule is CCNC(=NCC1(CCOC)CCC1)NCC#Cc1ccc(C(F)(F)F)cc1. The third-order valence-corrected chi connectivity index (χ3v) is 4.96. The molecule has 2 rings (SSSR count). The minimum Gasteiger partial charge on any atom is -0.385 e. The molecule has 0 spiro atoms. The van der Waals surface area contributed by atoms with E-state index in [2.05, 4.69) is 27.5 Å². The summed E-state index contributed by atoms with van der Waals surface area (Å²) in [5, 5.41) is 6.35. The van der Waals surface area contributed by atoms with Crippen LogP contribution in [0.5, 0.6) is 0 Å². The van der Waals surface area contributed by atoms with Crippen LogP contribution in [0.25, 0.3) is 0 Å². The minimum absolute atomic E-state index is 0.240. The predicted octanol–water partition coefficient (Wildman–Crippen LogP) is 3.82. The Balaban J connectivity index is 1.89. The third-order valence-electron chi connectivity index (χ3n) is 4.96. The number of nitrogens with one attached hydrogen (secondary N) is 2. The van der Waals surface area contributed by atoms with E-state index in [-0.39, 0.29) is 5.41 Å². The maximum atomic E-state index is 12.6. The smallest absolute Gasteiger partial charge is 0.385 e. The van der Waals surface area contributed by atoms with Gasteiger partial charge in [-0.1, -0.05) is 18.3 Å². The molecule has 1 aromatic carbocycles. The van der Waals surface area contributed by atoms with Gasteiger partial charge in [0.2, 0.25) is 0 Å². The summed E-state index contributed by atoms with van der Waals surface area (Å²) < 4.78 is 42.9. The Morgan fingerprint density at radius 3 is 2.46 bits per heavy atom. The van der Waals surface area contributed by atoms with E-state index in [0.29, 0.717) is 18.1 Å². The van der Waals surface area contributed by atoms with E-state index in [4.69, 9.17) is 4.74 Å². The summed E-state index contributed by atoms with van der Waals surface area (Å²) in [5.41, 5.74) is 0.116. The molecular weight excluding hydrogens is 367 g/mol. The number of rotatable bonds is 7. The molecule has 0 radical (unpaired) electrons. The van der Waals surface area contributed by atoms with Crippen LogP contribution in [0.1, 0.15) is 43.7 Å². The van der Waals surface area contributed by atoms with Gasteiger partial charge in [0, 0.05) is 32.4 Å². The predicted molar refractivity (Wildman–Crippen MR) is 105 cm³/mol. The molecule has 2 N–H and O–H groups in total. The lowest BCUT2D eigenvalue weighted by Gasteiger charge is -2.40. The molecule has 0 saturated heterocycles. The molecule has 7 heteroatoms. The van der Waals surface area contributed by atoms with Crippen LogP contribution in [0.3, 0.4) is 0 Å². The lowest BCUT2D eigenvalue weighted by atomic mass is 9.67. The maximum absolute atomic E-state index is 12.6. The van der Waals surface area contributed by atoms with Gasteiger partial charge in [0.15, 0.2) is 5.96 Å². The van der Waals surface area contributed by atoms with Crippen molar-refractivity contribution < 1.29 is 17.9 Å². The van der Waals surface area contributed by atoms with Gasteiger partial charge in [-0.25, -0.2) is 0 Å². The molecule has 0 atom stereocenters. The van der Waals surface area contributed by atoms with Crippen LogP contribution in [0, 0.1) is 17.3 Å². The van der Waals surface area contributed by atoms with Crippen molar-refractivity contribution in [2.24, 2.45) is 10.4 Å². The van der Waals surface area contributed by atoms with Gasteiger partial charge < -0.3 is 15.4 Å². The van der Waals surface area contributed by atoms with Crippen LogP contribution in [-0.2, 0) is 10.9 Å². The second-order valence-corrected chi connectivity index (χ2v) is 7.02. The molecule has 0 unspecified atom stereocenters. The first-order valence-corrected chi connectivity index (χ1v) is 9.56. The Labute approximate surface area is 165 Å². The highest BCUT2D eigenvalue weighted by Crippen LogP contribution is 2.44. The van der Waals surface area contributed by atoms with Crippen molar-refractivity contribution in [3.8, 4) is 11.8 Å². The first-order valence-electron chi connectivity index (χ1n) is 9.56. The summed E-state index contributed by atoms with van der Waals surface area (Å²) >= 11 is 0. The number of guanidine groups is 1. The van der Waals surface area contributed by atoms with Crippen molar-refractivity contribution in [1.29, 1.82) is 0 Å². The van der Waals surface area contributed by atoms with Gasteiger partial charge in [-0.15, -0.1) is 0 Å². The fraction of sp³-hybridized carbons (Fsp3) is 0.571. The highest BCUT2D eigenvalue weighted by Gasteiger charge is 2.36. The maximum Gasteiger partial charge on any atom is 0.416 e. The Kier molecular flexibility index (Phi) is 8.18. The van der Waals surface area contributed by atoms with E-state index in [9.17, 15) is 13.2 Å². The number of hydrogen-bond donors (Lipinski definition) is 2. The van der Waals surface area contributed by atoms with Gasteiger partial charge in [0.1, 0.15) is 0 Å². The second-order valence-electron chi connectivity index (χ2n) is 7.02. The quantitative estimate of drug-likeness (QED) is 0.419. The molecule has 1 aliphatic rings. The standard InChI is InChI=1S/C21H28F3N3O/c1-3-25-19(27-16-20(11-5-12-20)13-15-28-2)26-14-4-6-17-7-9-18(10-8-17)21(22,23)24/h7-10H,3,5,11-16H2,1-2H3,(H2,25,26,27). The number of ether oxygens (including phenoxy) is 1. The van der Waals surface area contributed by atoms with E-state index in [0.717, 1.165) is 38.2 Å². The summed E-state index contributed by atoms with van der Waals surface area (Å²) in [6.07, 6.45) is 0.272. The topological polar surface area (TPSA) is 45.7 Å². The summed E-state index contributed by atoms with van der Waals surface area (Å²) in [6, 6.07) is 4.85. The Hall–Kier alpha value is -2.20. The summed E-state index contributed by atoms with van der Waals surface area (Å²) in [6.45, 7) is 4.59. The number of halogens is 3. The van der Waals surface area contributed by atoms with Crippen LogP contribution in [-0.4, -0.2) is 39.3 Å². The third kappa shape index (κ3) is 6.75. The first kappa shape index (κ1) is 22.1. The lowest BCUT2D eigenvalue weighted by molar-refractivity contribution is -0.137. The molecule has 0 amide bonds. The van der Waals surface area contributed by atoms with Crippen molar-refractivity contribution in [3.05, 3.63) is 35.4 Å². The number of methoxy groups -OCH3 is 1. The van der Waals surface area contributed by atoms with E-state index >= 15 is 0 Å². The zero-order chi connectivity index (χ0) is 20.5. The van der Waals surface area contributed by atoms with Gasteiger partial charge in [-0.3, -0.25) is 4.99 Å². The number of aliphatic imine (C=N–C) groups is 1. The number of nitrogens with zero attached hydrogens (tertiary/aromatic N) is 1. The molecule has 0 aliphatic heterocycles. The average Bonchev–Trinajstić information content (AvgIpc) is 2.63. The number of hydrogen-bond acceptors (Lipinski definition) is 2. The Morgan fingerprint density at radius 2 is 1.93 bits per heavy atom. The molecule has 0 heterocycles. The van der Waals surface area contributed by atoms with Gasteiger partial charge >= 0.3 is 6.18 Å². The highest BCUT2D eigenvalue weighted by molar-refractivity contribution is 5.80. The van der Waals surface area contributed by atoms with Gasteiger partial charge in [-0.2, -0.15) is 13.2 Å². The van der Waals surface area contributed by atoms with Crippen LogP contribution >= 0.6 is 0 Å². The molecule has 0 aromatic heterocycles. The molecule has 154 valence electrons. The summed E-state index contributed by atoms with van der Waals surface area (Å²) in [4.78, 5) is 4.69. The Morgan fingerprint density at radius 1 is 1.21 bits per heavy atom. The van der Waals surface area contributed by atoms with Crippen molar-refractivity contribution in [2.75, 3.05) is 33.4 Å². The van der Waals surface area contributed by atoms with Crippen molar-refractivity contribution in [2.45, 2.75) is 38.8 Å². The van der Waals surface area contributed by atoms with Gasteiger partial charge in [0.25, 0.3) is 0 Å². The average molecular weight is 395 g/mol. The largest absolute Gasteiger partial charge is 0.416 e. The van der Waals surface area contributed by atoms with Crippen LogP contribution in [0.15, 0.2) is 29.3 Å². The molecule has 1 fully saturated rings. The number of benzene rings is 1. The van der Waals surface area contributed by atoms with Crippen LogP contribution in [0.2, 0.25) is 0 Å². The zero-order valence-corrected chi connectivity index (χ0v) is 16.5. The van der Waals surface area contributed by atoms with E-state index in [1.54, 1.807) is 7.11 Å². The van der Waals surface area contributed by atoms with E-state index in [1.165, 1.54) is 31.4 Å². The Bertz CT molecular complexity index is 698. The molecule has 1 aliphatic carbocycles. The highest BCUT2D eigenvalue weighted by atomic mass is 19.4. The van der Waals surface area contributed by atoms with Gasteiger partial charge in [-0.05, 0) is 55.9 Å². The first-order chi connectivity index (χ1) is 13.4. The van der Waals surface area contributed by atoms with Crippen LogP contribution < -0.4 is 10.6 Å². The molecule has 28 heavy (non-hydrogen) atoms. The van der Waals surface area contributed by atoms with Crippen molar-refractivity contribution in [1.82, 2.24) is 10.6 Å². The molecule has 1 aromatic rings. The molecular formula is C21H28F3N3O. The molecule has 4 nitrogen and oxygen atoms in total. The van der Waals surface area contributed by atoms with Gasteiger partial charge in [0.05, 0.1) is 12.1 Å². The van der Waals surface area contributed by atoms with E-state index < -0.39 is 11.7 Å². The zero-order valence-electron chi connectivity index (χ0n) is 16.5.